The summed E-state index contributed by atoms with van der Waals surface area (Å²) in [6, 6.07) is 0. The van der Waals surface area contributed by atoms with Crippen LogP contribution in [0.15, 0.2) is 0 Å². The number of nitrogen functional groups attached to an aromatic ring is 1. The summed E-state index contributed by atoms with van der Waals surface area (Å²) in [5.41, 5.74) is 6.46. The molecule has 0 aliphatic carbocycles. The lowest BCUT2D eigenvalue weighted by atomic mass is 9.95. The first kappa shape index (κ1) is 15.2. The fourth-order valence-corrected chi connectivity index (χ4v) is 1.47. The van der Waals surface area contributed by atoms with Crippen molar-refractivity contribution in [1.29, 1.82) is 0 Å². The molecule has 0 saturated heterocycles. The Morgan fingerprint density at radius 1 is 1.32 bits per heavy atom. The Morgan fingerprint density at radius 2 is 1.95 bits per heavy atom. The zero-order chi connectivity index (χ0) is 14.6. The number of nitrogens with zero attached hydrogens (tertiary/aromatic N) is 2. The van der Waals surface area contributed by atoms with Gasteiger partial charge in [-0.05, 0) is 13.8 Å². The number of carbonyl (C=O) groups is 1. The fraction of sp³-hybridized carbons (Fsp3) is 0.615. The minimum atomic E-state index is -0.191. The van der Waals surface area contributed by atoms with Gasteiger partial charge in [0.2, 0.25) is 5.91 Å². The zero-order valence-electron chi connectivity index (χ0n) is 12.3. The standard InChI is InChI=1S/C13H23N5O/c1-6-15-9(19)7-16-11-8(2)10(14)17-12(18-11)13(3,4)5/h6-7H2,1-5H3,(H,15,19)(H3,14,16,17,18). The lowest BCUT2D eigenvalue weighted by Crippen LogP contribution is -2.30. The second-order valence-electron chi connectivity index (χ2n) is 5.46. The Morgan fingerprint density at radius 3 is 2.47 bits per heavy atom. The van der Waals surface area contributed by atoms with Gasteiger partial charge in [-0.1, -0.05) is 20.8 Å². The molecule has 0 unspecified atom stereocenters. The van der Waals surface area contributed by atoms with Crippen molar-refractivity contribution in [1.82, 2.24) is 15.3 Å². The van der Waals surface area contributed by atoms with E-state index in [1.165, 1.54) is 0 Å². The van der Waals surface area contributed by atoms with Gasteiger partial charge in [0.25, 0.3) is 0 Å². The molecule has 0 aromatic carbocycles. The van der Waals surface area contributed by atoms with Gasteiger partial charge in [0, 0.05) is 17.5 Å². The molecule has 1 heterocycles. The van der Waals surface area contributed by atoms with Crippen LogP contribution in [0.4, 0.5) is 11.6 Å². The minimum Gasteiger partial charge on any atom is -0.383 e. The molecule has 1 rings (SSSR count). The number of nitrogens with two attached hydrogens (primary N) is 1. The van der Waals surface area contributed by atoms with Gasteiger partial charge in [-0.15, -0.1) is 0 Å². The van der Waals surface area contributed by atoms with Crippen molar-refractivity contribution in [3.8, 4) is 0 Å². The van der Waals surface area contributed by atoms with Gasteiger partial charge in [-0.25, -0.2) is 9.97 Å². The normalized spacial score (nSPS) is 11.2. The Kier molecular flexibility index (Phi) is 4.69. The third kappa shape index (κ3) is 4.08. The van der Waals surface area contributed by atoms with Crippen LogP contribution in [0.3, 0.4) is 0 Å². The Balaban J connectivity index is 2.94. The number of amides is 1. The first-order chi connectivity index (χ1) is 8.75. The summed E-state index contributed by atoms with van der Waals surface area (Å²) in [6.45, 7) is 10.6. The van der Waals surface area contributed by atoms with Crippen LogP contribution in [-0.4, -0.2) is 29.0 Å². The third-order valence-corrected chi connectivity index (χ3v) is 2.64. The molecule has 0 aliphatic heterocycles. The number of hydrogen-bond donors (Lipinski definition) is 3. The van der Waals surface area contributed by atoms with Gasteiger partial charge in [0.05, 0.1) is 6.54 Å². The van der Waals surface area contributed by atoms with E-state index < -0.39 is 0 Å². The molecule has 19 heavy (non-hydrogen) atoms. The first-order valence-electron chi connectivity index (χ1n) is 6.40. The highest BCUT2D eigenvalue weighted by atomic mass is 16.1. The number of carbonyl (C=O) groups excluding carboxylic acids is 1. The van der Waals surface area contributed by atoms with Gasteiger partial charge in [0.1, 0.15) is 17.5 Å². The summed E-state index contributed by atoms with van der Waals surface area (Å²) >= 11 is 0. The molecule has 0 atom stereocenters. The molecule has 0 saturated carbocycles. The van der Waals surface area contributed by atoms with E-state index in [-0.39, 0.29) is 17.9 Å². The van der Waals surface area contributed by atoms with Gasteiger partial charge in [-0.2, -0.15) is 0 Å². The minimum absolute atomic E-state index is 0.0728. The van der Waals surface area contributed by atoms with Crippen molar-refractivity contribution in [2.45, 2.75) is 40.0 Å². The molecular formula is C13H23N5O. The van der Waals surface area contributed by atoms with Crippen LogP contribution in [-0.2, 0) is 10.2 Å². The summed E-state index contributed by atoms with van der Waals surface area (Å²) in [4.78, 5) is 20.2. The number of anilines is 2. The summed E-state index contributed by atoms with van der Waals surface area (Å²) < 4.78 is 0. The summed E-state index contributed by atoms with van der Waals surface area (Å²) in [6.07, 6.45) is 0. The van der Waals surface area contributed by atoms with E-state index in [2.05, 4.69) is 20.6 Å². The van der Waals surface area contributed by atoms with E-state index in [1.54, 1.807) is 0 Å². The monoisotopic (exact) mass is 265 g/mol. The van der Waals surface area contributed by atoms with E-state index in [9.17, 15) is 4.79 Å². The van der Waals surface area contributed by atoms with Gasteiger partial charge in [-0.3, -0.25) is 4.79 Å². The molecule has 0 bridgehead atoms. The number of rotatable bonds is 4. The van der Waals surface area contributed by atoms with Crippen LogP contribution in [0.2, 0.25) is 0 Å². The summed E-state index contributed by atoms with van der Waals surface area (Å²) in [5.74, 6) is 1.65. The van der Waals surface area contributed by atoms with Gasteiger partial charge in [0.15, 0.2) is 0 Å². The van der Waals surface area contributed by atoms with Crippen molar-refractivity contribution >= 4 is 17.5 Å². The predicted octanol–water partition coefficient (Wildman–Crippen LogP) is 1.21. The van der Waals surface area contributed by atoms with Crippen molar-refractivity contribution in [3.05, 3.63) is 11.4 Å². The average Bonchev–Trinajstić information content (AvgIpc) is 2.30. The van der Waals surface area contributed by atoms with E-state index >= 15 is 0 Å². The summed E-state index contributed by atoms with van der Waals surface area (Å²) in [7, 11) is 0. The predicted molar refractivity (Wildman–Crippen MR) is 77.1 cm³/mol. The highest BCUT2D eigenvalue weighted by molar-refractivity contribution is 5.80. The molecule has 1 amide bonds. The van der Waals surface area contributed by atoms with Crippen LogP contribution in [0, 0.1) is 6.92 Å². The van der Waals surface area contributed by atoms with Crippen molar-refractivity contribution in [2.75, 3.05) is 24.1 Å². The molecule has 0 fully saturated rings. The van der Waals surface area contributed by atoms with Crippen LogP contribution in [0.1, 0.15) is 39.1 Å². The number of hydrogen-bond acceptors (Lipinski definition) is 5. The highest BCUT2D eigenvalue weighted by Crippen LogP contribution is 2.24. The summed E-state index contributed by atoms with van der Waals surface area (Å²) in [5, 5.41) is 5.73. The van der Waals surface area contributed by atoms with Gasteiger partial charge >= 0.3 is 0 Å². The molecule has 0 radical (unpaired) electrons. The molecular weight excluding hydrogens is 242 g/mol. The molecule has 0 spiro atoms. The molecule has 4 N–H and O–H groups in total. The van der Waals surface area contributed by atoms with E-state index in [0.29, 0.717) is 24.0 Å². The quantitative estimate of drug-likeness (QED) is 0.761. The Bertz CT molecular complexity index is 465. The van der Waals surface area contributed by atoms with Crippen LogP contribution in [0.25, 0.3) is 0 Å². The van der Waals surface area contributed by atoms with E-state index in [1.807, 2.05) is 34.6 Å². The average molecular weight is 265 g/mol. The maximum absolute atomic E-state index is 11.4. The van der Waals surface area contributed by atoms with Crippen LogP contribution >= 0.6 is 0 Å². The molecule has 6 nitrogen and oxygen atoms in total. The fourth-order valence-electron chi connectivity index (χ4n) is 1.47. The molecule has 1 aromatic heterocycles. The van der Waals surface area contributed by atoms with Gasteiger partial charge < -0.3 is 16.4 Å². The molecule has 6 heteroatoms. The highest BCUT2D eigenvalue weighted by Gasteiger charge is 2.20. The topological polar surface area (TPSA) is 92.9 Å². The Hall–Kier alpha value is -1.85. The molecule has 106 valence electrons. The van der Waals surface area contributed by atoms with Crippen LogP contribution in [0.5, 0.6) is 0 Å². The number of likely N-dealkylation sites (N-methyl/N-ethyl adjacent to an activating group) is 1. The zero-order valence-corrected chi connectivity index (χ0v) is 12.3. The van der Waals surface area contributed by atoms with E-state index in [0.717, 1.165) is 5.56 Å². The largest absolute Gasteiger partial charge is 0.383 e. The maximum Gasteiger partial charge on any atom is 0.239 e. The number of nitrogens with one attached hydrogen (secondary N) is 2. The smallest absolute Gasteiger partial charge is 0.239 e. The lowest BCUT2D eigenvalue weighted by Gasteiger charge is -2.19. The maximum atomic E-state index is 11.4. The van der Waals surface area contributed by atoms with Crippen LogP contribution < -0.4 is 16.4 Å². The second kappa shape index (κ2) is 5.86. The number of aromatic nitrogens is 2. The SMILES string of the molecule is CCNC(=O)CNc1nc(C(C)(C)C)nc(N)c1C. The third-order valence-electron chi connectivity index (χ3n) is 2.64. The molecule has 0 aliphatic rings. The molecule has 1 aromatic rings. The van der Waals surface area contributed by atoms with Crippen molar-refractivity contribution < 1.29 is 4.79 Å². The first-order valence-corrected chi connectivity index (χ1v) is 6.40. The van der Waals surface area contributed by atoms with Crippen molar-refractivity contribution in [2.24, 2.45) is 0 Å². The van der Waals surface area contributed by atoms with Crippen molar-refractivity contribution in [3.63, 3.8) is 0 Å². The second-order valence-corrected chi connectivity index (χ2v) is 5.46. The lowest BCUT2D eigenvalue weighted by molar-refractivity contribution is -0.119. The Labute approximate surface area is 114 Å². The van der Waals surface area contributed by atoms with E-state index in [4.69, 9.17) is 5.73 Å².